The first-order valence-electron chi connectivity index (χ1n) is 10.6. The van der Waals surface area contributed by atoms with Gasteiger partial charge in [-0.1, -0.05) is 66.9 Å². The van der Waals surface area contributed by atoms with Gasteiger partial charge >= 0.3 is 6.03 Å². The summed E-state index contributed by atoms with van der Waals surface area (Å²) in [5, 5.41) is 1.30. The van der Waals surface area contributed by atoms with Gasteiger partial charge in [-0.15, -0.1) is 0 Å². The smallest absolute Gasteiger partial charge is 0.285 e. The fourth-order valence-corrected chi connectivity index (χ4v) is 5.09. The number of carbonyl (C=O) groups is 1. The number of urea groups is 1. The third kappa shape index (κ3) is 3.71. The molecule has 3 aromatic rings. The highest BCUT2D eigenvalue weighted by molar-refractivity contribution is 6.31. The Bertz CT molecular complexity index is 1080. The van der Waals surface area contributed by atoms with E-state index in [9.17, 15) is 4.79 Å². The minimum absolute atomic E-state index is 0.0418. The average Bonchev–Trinajstić information content (AvgIpc) is 3.04. The van der Waals surface area contributed by atoms with Crippen molar-refractivity contribution < 1.29 is 4.79 Å². The Morgan fingerprint density at radius 2 is 1.39 bits per heavy atom. The van der Waals surface area contributed by atoms with Crippen LogP contribution in [0.3, 0.4) is 0 Å². The molecule has 1 atom stereocenters. The second kappa shape index (κ2) is 8.57. The van der Waals surface area contributed by atoms with Crippen LogP contribution < -0.4 is 9.80 Å². The van der Waals surface area contributed by atoms with E-state index in [1.165, 1.54) is 5.56 Å². The number of aryl methyl sites for hydroxylation is 1. The van der Waals surface area contributed by atoms with E-state index in [4.69, 9.17) is 23.2 Å². The highest BCUT2D eigenvalue weighted by atomic mass is 35.5. The predicted octanol–water partition coefficient (Wildman–Crippen LogP) is 8.05. The molecule has 0 N–H and O–H groups in total. The Hall–Kier alpha value is -2.49. The molecule has 1 saturated heterocycles. The lowest BCUT2D eigenvalue weighted by Gasteiger charge is -2.40. The third-order valence-electron chi connectivity index (χ3n) is 6.38. The number of rotatable bonds is 5. The lowest BCUT2D eigenvalue weighted by molar-refractivity contribution is 0.253. The maximum Gasteiger partial charge on any atom is 0.330 e. The van der Waals surface area contributed by atoms with Crippen LogP contribution in [0.15, 0.2) is 72.8 Å². The second-order valence-electron chi connectivity index (χ2n) is 8.07. The summed E-state index contributed by atoms with van der Waals surface area (Å²) < 4.78 is 0. The number of hydrogen-bond donors (Lipinski definition) is 0. The van der Waals surface area contributed by atoms with E-state index < -0.39 is 5.54 Å². The zero-order valence-electron chi connectivity index (χ0n) is 18.0. The van der Waals surface area contributed by atoms with Gasteiger partial charge in [0.15, 0.2) is 0 Å². The number of amides is 2. The molecule has 5 heteroatoms. The first-order valence-corrected chi connectivity index (χ1v) is 11.4. The van der Waals surface area contributed by atoms with E-state index in [2.05, 4.69) is 45.0 Å². The molecule has 1 fully saturated rings. The molecular weight excluding hydrogens is 427 g/mol. The van der Waals surface area contributed by atoms with Gasteiger partial charge in [0.05, 0.1) is 11.6 Å². The molecule has 0 unspecified atom stereocenters. The van der Waals surface area contributed by atoms with E-state index in [1.807, 2.05) is 58.3 Å². The van der Waals surface area contributed by atoms with Gasteiger partial charge in [0, 0.05) is 21.4 Å². The summed E-state index contributed by atoms with van der Waals surface area (Å²) >= 11 is 12.3. The summed E-state index contributed by atoms with van der Waals surface area (Å²) in [6, 6.07) is 23.3. The highest BCUT2D eigenvalue weighted by Gasteiger charge is 2.56. The van der Waals surface area contributed by atoms with Gasteiger partial charge in [-0.2, -0.15) is 0 Å². The summed E-state index contributed by atoms with van der Waals surface area (Å²) in [7, 11) is 0. The van der Waals surface area contributed by atoms with Crippen LogP contribution in [0.2, 0.25) is 10.0 Å². The molecule has 1 aliphatic rings. The first-order chi connectivity index (χ1) is 14.9. The van der Waals surface area contributed by atoms with Crippen LogP contribution in [0.4, 0.5) is 16.2 Å². The van der Waals surface area contributed by atoms with Crippen molar-refractivity contribution in [3.8, 4) is 0 Å². The maximum atomic E-state index is 14.1. The van der Waals surface area contributed by atoms with Crippen molar-refractivity contribution in [2.45, 2.75) is 45.2 Å². The van der Waals surface area contributed by atoms with Gasteiger partial charge < -0.3 is 0 Å². The van der Waals surface area contributed by atoms with E-state index in [-0.39, 0.29) is 12.1 Å². The molecule has 2 amide bonds. The fraction of sp³-hybridized carbons (Fsp3) is 0.269. The van der Waals surface area contributed by atoms with E-state index in [0.717, 1.165) is 29.8 Å². The molecule has 160 valence electrons. The minimum atomic E-state index is -0.418. The summed E-state index contributed by atoms with van der Waals surface area (Å²) in [6.45, 7) is 6.41. The highest BCUT2D eigenvalue weighted by Crippen LogP contribution is 2.51. The number of nitrogens with zero attached hydrogens (tertiary/aromatic N) is 2. The average molecular weight is 453 g/mol. The standard InChI is InChI=1S/C26H26Cl2N2O/c1-4-26(5-2)24(19-8-6-7-18(3)17-19)29(22-13-9-20(27)10-14-22)25(31)30(26)23-15-11-21(28)12-16-23/h6-17,24H,4-5H2,1-3H3/t24-/m0/s1. The number of anilines is 2. The molecule has 0 aliphatic carbocycles. The number of hydrogen-bond acceptors (Lipinski definition) is 1. The first kappa shape index (κ1) is 21.7. The minimum Gasteiger partial charge on any atom is -0.285 e. The Labute approximate surface area is 194 Å². The second-order valence-corrected chi connectivity index (χ2v) is 8.94. The van der Waals surface area contributed by atoms with Crippen molar-refractivity contribution in [3.63, 3.8) is 0 Å². The normalized spacial score (nSPS) is 18.0. The summed E-state index contributed by atoms with van der Waals surface area (Å²) in [5.41, 5.74) is 3.57. The molecule has 31 heavy (non-hydrogen) atoms. The molecule has 0 saturated carbocycles. The molecule has 3 nitrogen and oxygen atoms in total. The van der Waals surface area contributed by atoms with Gasteiger partial charge in [-0.25, -0.2) is 4.79 Å². The lowest BCUT2D eigenvalue weighted by Crippen LogP contribution is -2.47. The van der Waals surface area contributed by atoms with Gasteiger partial charge in [-0.3, -0.25) is 9.80 Å². The zero-order valence-corrected chi connectivity index (χ0v) is 19.5. The zero-order chi connectivity index (χ0) is 22.2. The lowest BCUT2D eigenvalue weighted by atomic mass is 9.79. The topological polar surface area (TPSA) is 23.6 Å². The number of benzene rings is 3. The van der Waals surface area contributed by atoms with Crippen LogP contribution in [0.25, 0.3) is 0 Å². The molecule has 4 rings (SSSR count). The summed E-state index contributed by atoms with van der Waals surface area (Å²) in [6.07, 6.45) is 1.61. The van der Waals surface area contributed by atoms with Crippen molar-refractivity contribution in [1.29, 1.82) is 0 Å². The van der Waals surface area contributed by atoms with Crippen molar-refractivity contribution >= 4 is 40.6 Å². The molecule has 0 bridgehead atoms. The van der Waals surface area contributed by atoms with Gasteiger partial charge in [0.2, 0.25) is 0 Å². The Morgan fingerprint density at radius 3 is 1.90 bits per heavy atom. The van der Waals surface area contributed by atoms with Gasteiger partial charge in [0.25, 0.3) is 0 Å². The molecule has 1 aliphatic heterocycles. The summed E-state index contributed by atoms with van der Waals surface area (Å²) in [5.74, 6) is 0. The Morgan fingerprint density at radius 1 is 0.839 bits per heavy atom. The Kier molecular flexibility index (Phi) is 6.00. The van der Waals surface area contributed by atoms with Gasteiger partial charge in [-0.05, 0) is 73.9 Å². The molecule has 3 aromatic carbocycles. The van der Waals surface area contributed by atoms with E-state index in [0.29, 0.717) is 10.0 Å². The van der Waals surface area contributed by atoms with Crippen LogP contribution in [-0.2, 0) is 0 Å². The molecule has 0 aromatic heterocycles. The maximum absolute atomic E-state index is 14.1. The van der Waals surface area contributed by atoms with Crippen LogP contribution >= 0.6 is 23.2 Å². The monoisotopic (exact) mass is 452 g/mol. The van der Waals surface area contributed by atoms with Crippen molar-refractivity contribution in [2.24, 2.45) is 0 Å². The predicted molar refractivity (Wildman–Crippen MR) is 130 cm³/mol. The third-order valence-corrected chi connectivity index (χ3v) is 6.89. The van der Waals surface area contributed by atoms with E-state index >= 15 is 0 Å². The molecule has 0 spiro atoms. The molecule has 1 heterocycles. The summed E-state index contributed by atoms with van der Waals surface area (Å²) in [4.78, 5) is 18.0. The molecule has 0 radical (unpaired) electrons. The van der Waals surface area contributed by atoms with E-state index in [1.54, 1.807) is 0 Å². The number of halogens is 2. The van der Waals surface area contributed by atoms with Crippen LogP contribution in [0, 0.1) is 6.92 Å². The largest absolute Gasteiger partial charge is 0.330 e. The van der Waals surface area contributed by atoms with Crippen molar-refractivity contribution in [1.82, 2.24) is 0 Å². The van der Waals surface area contributed by atoms with Crippen molar-refractivity contribution in [2.75, 3.05) is 9.80 Å². The van der Waals surface area contributed by atoms with Crippen LogP contribution in [0.5, 0.6) is 0 Å². The number of carbonyl (C=O) groups excluding carboxylic acids is 1. The SMILES string of the molecule is CCC1(CC)[C@H](c2cccc(C)c2)N(c2ccc(Cl)cc2)C(=O)N1c1ccc(Cl)cc1. The van der Waals surface area contributed by atoms with Crippen LogP contribution in [0.1, 0.15) is 43.9 Å². The van der Waals surface area contributed by atoms with Crippen molar-refractivity contribution in [3.05, 3.63) is 94.0 Å². The van der Waals surface area contributed by atoms with Gasteiger partial charge in [0.1, 0.15) is 0 Å². The quantitative estimate of drug-likeness (QED) is 0.383. The Balaban J connectivity index is 1.96. The fourth-order valence-electron chi connectivity index (χ4n) is 4.84. The van der Waals surface area contributed by atoms with Crippen LogP contribution in [-0.4, -0.2) is 11.6 Å². The molecular formula is C26H26Cl2N2O.